The molecule has 3 heterocycles. The van der Waals surface area contributed by atoms with Crippen LogP contribution in [0.1, 0.15) is 35.7 Å². The minimum atomic E-state index is -0.191. The fraction of sp³-hybridized carbons (Fsp3) is 0.278. The van der Waals surface area contributed by atoms with E-state index in [1.165, 1.54) is 6.08 Å². The van der Waals surface area contributed by atoms with E-state index >= 15 is 0 Å². The number of nitrogens with one attached hydrogen (secondary N) is 1. The Morgan fingerprint density at radius 1 is 1.38 bits per heavy atom. The summed E-state index contributed by atoms with van der Waals surface area (Å²) < 4.78 is 0. The first-order valence-electron chi connectivity index (χ1n) is 7.97. The van der Waals surface area contributed by atoms with Crippen LogP contribution >= 0.6 is 23.6 Å². The second-order valence-electron chi connectivity index (χ2n) is 5.63. The predicted molar refractivity (Wildman–Crippen MR) is 102 cm³/mol. The molecule has 2 aromatic rings. The van der Waals surface area contributed by atoms with Crippen molar-refractivity contribution in [1.82, 2.24) is 15.2 Å². The van der Waals surface area contributed by atoms with E-state index in [0.29, 0.717) is 5.11 Å². The molecule has 6 heteroatoms. The van der Waals surface area contributed by atoms with Gasteiger partial charge in [-0.2, -0.15) is 0 Å². The molecule has 1 aliphatic rings. The summed E-state index contributed by atoms with van der Waals surface area (Å²) in [5.74, 6) is -0.191. The number of aromatic nitrogens is 1. The van der Waals surface area contributed by atoms with Crippen molar-refractivity contribution < 1.29 is 4.79 Å². The number of hydrogen-bond donors (Lipinski definition) is 1. The van der Waals surface area contributed by atoms with E-state index in [1.807, 2.05) is 29.8 Å². The lowest BCUT2D eigenvalue weighted by molar-refractivity contribution is -0.115. The molecular weight excluding hydrogens is 338 g/mol. The van der Waals surface area contributed by atoms with Crippen LogP contribution in [0.4, 0.5) is 0 Å². The molecule has 0 saturated carbocycles. The molecule has 2 aromatic heterocycles. The molecule has 24 heavy (non-hydrogen) atoms. The Labute approximate surface area is 151 Å². The van der Waals surface area contributed by atoms with Gasteiger partial charge in [0.15, 0.2) is 5.11 Å². The first-order valence-corrected chi connectivity index (χ1v) is 9.26. The lowest BCUT2D eigenvalue weighted by atomic mass is 9.97. The molecule has 1 amide bonds. The highest BCUT2D eigenvalue weighted by molar-refractivity contribution is 7.80. The summed E-state index contributed by atoms with van der Waals surface area (Å²) in [6.45, 7) is 0.854. The Hall–Kier alpha value is -2.05. The van der Waals surface area contributed by atoms with Gasteiger partial charge in [0.25, 0.3) is 0 Å². The van der Waals surface area contributed by atoms with Crippen LogP contribution in [-0.4, -0.2) is 27.4 Å². The molecule has 1 saturated heterocycles. The maximum Gasteiger partial charge on any atom is 0.250 e. The third-order valence-electron chi connectivity index (χ3n) is 4.01. The van der Waals surface area contributed by atoms with Gasteiger partial charge in [0, 0.05) is 29.9 Å². The number of carbonyl (C=O) groups excluding carboxylic acids is 1. The van der Waals surface area contributed by atoms with E-state index in [2.05, 4.69) is 21.3 Å². The Bertz CT molecular complexity index is 713. The van der Waals surface area contributed by atoms with Crippen LogP contribution < -0.4 is 5.32 Å². The van der Waals surface area contributed by atoms with Crippen LogP contribution in [0.5, 0.6) is 0 Å². The van der Waals surface area contributed by atoms with Crippen molar-refractivity contribution in [1.29, 1.82) is 0 Å². The average molecular weight is 358 g/mol. The number of hydrogen-bond acceptors (Lipinski definition) is 4. The number of piperidine rings is 1. The Kier molecular flexibility index (Phi) is 5.72. The van der Waals surface area contributed by atoms with E-state index < -0.39 is 0 Å². The van der Waals surface area contributed by atoms with Crippen LogP contribution in [0.3, 0.4) is 0 Å². The standard InChI is InChI=1S/C18H19N3OS2/c22-17(9-8-15-6-4-12-24-15)20-18(23)21-11-2-1-7-16(21)14-5-3-10-19-13-14/h3-6,8-10,12-13,16H,1-2,7,11H2,(H,20,22,23)/b9-8+/t16-/m1/s1. The van der Waals surface area contributed by atoms with Gasteiger partial charge in [-0.05, 0) is 60.6 Å². The molecule has 1 atom stereocenters. The minimum absolute atomic E-state index is 0.182. The summed E-state index contributed by atoms with van der Waals surface area (Å²) in [6, 6.07) is 8.11. The van der Waals surface area contributed by atoms with Gasteiger partial charge in [0.1, 0.15) is 0 Å². The lowest BCUT2D eigenvalue weighted by Gasteiger charge is -2.37. The predicted octanol–water partition coefficient (Wildman–Crippen LogP) is 3.78. The van der Waals surface area contributed by atoms with E-state index in [9.17, 15) is 4.79 Å². The molecule has 0 unspecified atom stereocenters. The zero-order valence-corrected chi connectivity index (χ0v) is 14.9. The van der Waals surface area contributed by atoms with Crippen molar-refractivity contribution in [2.75, 3.05) is 6.54 Å². The van der Waals surface area contributed by atoms with Crippen molar-refractivity contribution in [3.8, 4) is 0 Å². The van der Waals surface area contributed by atoms with Crippen LogP contribution in [0.15, 0.2) is 48.1 Å². The maximum atomic E-state index is 12.1. The molecule has 4 nitrogen and oxygen atoms in total. The second-order valence-corrected chi connectivity index (χ2v) is 7.00. The van der Waals surface area contributed by atoms with E-state index in [1.54, 1.807) is 23.6 Å². The zero-order valence-electron chi connectivity index (χ0n) is 13.2. The third kappa shape index (κ3) is 4.27. The topological polar surface area (TPSA) is 45.2 Å². The van der Waals surface area contributed by atoms with Crippen molar-refractivity contribution in [3.63, 3.8) is 0 Å². The number of amides is 1. The highest BCUT2D eigenvalue weighted by Crippen LogP contribution is 2.30. The summed E-state index contributed by atoms with van der Waals surface area (Å²) in [7, 11) is 0. The van der Waals surface area contributed by atoms with Crippen molar-refractivity contribution in [2.24, 2.45) is 0 Å². The van der Waals surface area contributed by atoms with Crippen LogP contribution in [0, 0.1) is 0 Å². The molecule has 0 radical (unpaired) electrons. The number of rotatable bonds is 3. The fourth-order valence-corrected chi connectivity index (χ4v) is 3.79. The first kappa shape index (κ1) is 16.8. The molecule has 0 aromatic carbocycles. The van der Waals surface area contributed by atoms with Gasteiger partial charge in [-0.15, -0.1) is 11.3 Å². The summed E-state index contributed by atoms with van der Waals surface area (Å²) in [6.07, 6.45) is 10.2. The van der Waals surface area contributed by atoms with Gasteiger partial charge < -0.3 is 4.90 Å². The maximum absolute atomic E-state index is 12.1. The molecule has 0 aliphatic carbocycles. The van der Waals surface area contributed by atoms with Crippen LogP contribution in [-0.2, 0) is 4.79 Å². The second kappa shape index (κ2) is 8.17. The molecular formula is C18H19N3OS2. The highest BCUT2D eigenvalue weighted by Gasteiger charge is 2.26. The highest BCUT2D eigenvalue weighted by atomic mass is 32.1. The van der Waals surface area contributed by atoms with E-state index in [0.717, 1.165) is 36.2 Å². The molecule has 0 spiro atoms. The van der Waals surface area contributed by atoms with Crippen molar-refractivity contribution >= 4 is 40.7 Å². The number of pyridine rings is 1. The van der Waals surface area contributed by atoms with Crippen molar-refractivity contribution in [2.45, 2.75) is 25.3 Å². The number of carbonyl (C=O) groups is 1. The van der Waals surface area contributed by atoms with Crippen molar-refractivity contribution in [3.05, 3.63) is 58.6 Å². The third-order valence-corrected chi connectivity index (χ3v) is 5.18. The van der Waals surface area contributed by atoms with Gasteiger partial charge in [-0.1, -0.05) is 12.1 Å². The number of thiophene rings is 1. The zero-order chi connectivity index (χ0) is 16.8. The summed E-state index contributed by atoms with van der Waals surface area (Å²) in [5, 5.41) is 5.30. The van der Waals surface area contributed by atoms with E-state index in [-0.39, 0.29) is 11.9 Å². The van der Waals surface area contributed by atoms with Gasteiger partial charge >= 0.3 is 0 Å². The number of likely N-dealkylation sites (tertiary alicyclic amines) is 1. The minimum Gasteiger partial charge on any atom is -0.342 e. The normalized spacial score (nSPS) is 17.8. The van der Waals surface area contributed by atoms with Crippen LogP contribution in [0.25, 0.3) is 6.08 Å². The molecule has 1 fully saturated rings. The monoisotopic (exact) mass is 357 g/mol. The summed E-state index contributed by atoms with van der Waals surface area (Å²) >= 11 is 7.08. The Morgan fingerprint density at radius 3 is 3.04 bits per heavy atom. The SMILES string of the molecule is O=C(/C=C/c1cccs1)NC(=S)N1CCCC[C@@H]1c1cccnc1. The first-order chi connectivity index (χ1) is 11.7. The molecule has 1 aliphatic heterocycles. The molecule has 0 bridgehead atoms. The average Bonchev–Trinajstić information content (AvgIpc) is 3.14. The van der Waals surface area contributed by atoms with Gasteiger partial charge in [-0.3, -0.25) is 15.1 Å². The fourth-order valence-electron chi connectivity index (χ4n) is 2.86. The summed E-state index contributed by atoms with van der Waals surface area (Å²) in [4.78, 5) is 19.5. The molecule has 3 rings (SSSR count). The quantitative estimate of drug-likeness (QED) is 0.671. The number of thiocarbonyl (C=S) groups is 1. The Morgan fingerprint density at radius 2 is 2.29 bits per heavy atom. The number of nitrogens with zero attached hydrogens (tertiary/aromatic N) is 2. The van der Waals surface area contributed by atoms with Gasteiger partial charge in [-0.25, -0.2) is 0 Å². The smallest absolute Gasteiger partial charge is 0.250 e. The largest absolute Gasteiger partial charge is 0.342 e. The molecule has 124 valence electrons. The lowest BCUT2D eigenvalue weighted by Crippen LogP contribution is -2.46. The molecule has 1 N–H and O–H groups in total. The van der Waals surface area contributed by atoms with Crippen LogP contribution in [0.2, 0.25) is 0 Å². The van der Waals surface area contributed by atoms with Gasteiger partial charge in [0.2, 0.25) is 5.91 Å². The van der Waals surface area contributed by atoms with E-state index in [4.69, 9.17) is 12.2 Å². The van der Waals surface area contributed by atoms with Gasteiger partial charge in [0.05, 0.1) is 6.04 Å². The summed E-state index contributed by atoms with van der Waals surface area (Å²) in [5.41, 5.74) is 1.14. The Balaban J connectivity index is 1.65.